The molecule has 0 aromatic heterocycles. The predicted molar refractivity (Wildman–Crippen MR) is 151 cm³/mol. The number of aliphatic hydroxyl groups excluding tert-OH is 2. The highest BCUT2D eigenvalue weighted by Gasteiger charge is 2.16. The number of unbranched alkanes of at least 4 members (excludes halogenated alkanes) is 10. The molecular weight excluding hydrogens is 468 g/mol. The van der Waals surface area contributed by atoms with Crippen LogP contribution in [0.25, 0.3) is 0 Å². The van der Waals surface area contributed by atoms with Crippen LogP contribution in [0.15, 0.2) is 36.5 Å². The van der Waals surface area contributed by atoms with Crippen molar-refractivity contribution in [3.05, 3.63) is 36.5 Å². The SMILES string of the molecule is CCCCCCCC/C=C/C/C=C/C=C/C(O)CCCC(=O)O[C@@H](CO)COC(=O)CCCCCCC. The largest absolute Gasteiger partial charge is 0.462 e. The summed E-state index contributed by atoms with van der Waals surface area (Å²) in [5.41, 5.74) is 0. The van der Waals surface area contributed by atoms with E-state index in [2.05, 4.69) is 26.0 Å². The Morgan fingerprint density at radius 3 is 2.11 bits per heavy atom. The zero-order valence-corrected chi connectivity index (χ0v) is 23.6. The molecule has 0 aromatic carbocycles. The van der Waals surface area contributed by atoms with Crippen LogP contribution >= 0.6 is 0 Å². The first-order valence-electron chi connectivity index (χ1n) is 14.7. The van der Waals surface area contributed by atoms with Crippen LogP contribution in [0.2, 0.25) is 0 Å². The van der Waals surface area contributed by atoms with E-state index >= 15 is 0 Å². The number of allylic oxidation sites excluding steroid dienone is 5. The summed E-state index contributed by atoms with van der Waals surface area (Å²) in [7, 11) is 0. The standard InChI is InChI=1S/C31H54O6/c1-3-5-7-9-10-11-12-13-14-15-16-18-19-22-28(33)23-21-25-31(35)37-29(26-32)27-36-30(34)24-20-17-8-6-4-2/h13-14,16,18-19,22,28-29,32-33H,3-12,15,17,20-21,23-27H2,1-2H3/b14-13+,18-16+,22-19+/t28?,29-/m0/s1. The van der Waals surface area contributed by atoms with Gasteiger partial charge < -0.3 is 19.7 Å². The minimum Gasteiger partial charge on any atom is -0.462 e. The average molecular weight is 523 g/mol. The van der Waals surface area contributed by atoms with E-state index in [1.807, 2.05) is 18.2 Å². The van der Waals surface area contributed by atoms with Crippen LogP contribution in [-0.4, -0.2) is 47.6 Å². The number of hydrogen-bond acceptors (Lipinski definition) is 6. The lowest BCUT2D eigenvalue weighted by atomic mass is 10.1. The minimum atomic E-state index is -0.855. The van der Waals surface area contributed by atoms with Crippen molar-refractivity contribution in [1.29, 1.82) is 0 Å². The molecule has 0 spiro atoms. The van der Waals surface area contributed by atoms with Crippen LogP contribution in [0, 0.1) is 0 Å². The zero-order chi connectivity index (χ0) is 27.4. The quantitative estimate of drug-likeness (QED) is 0.0573. The lowest BCUT2D eigenvalue weighted by Gasteiger charge is -2.16. The van der Waals surface area contributed by atoms with Gasteiger partial charge in [-0.05, 0) is 38.5 Å². The zero-order valence-electron chi connectivity index (χ0n) is 23.6. The van der Waals surface area contributed by atoms with Gasteiger partial charge in [0.05, 0.1) is 12.7 Å². The van der Waals surface area contributed by atoms with Gasteiger partial charge >= 0.3 is 11.9 Å². The number of ether oxygens (including phenoxy) is 2. The van der Waals surface area contributed by atoms with Crippen LogP contribution in [-0.2, 0) is 19.1 Å². The van der Waals surface area contributed by atoms with Crippen LogP contribution in [0.1, 0.15) is 123 Å². The maximum absolute atomic E-state index is 12.0. The molecule has 0 fully saturated rings. The monoisotopic (exact) mass is 522 g/mol. The lowest BCUT2D eigenvalue weighted by molar-refractivity contribution is -0.161. The van der Waals surface area contributed by atoms with Gasteiger partial charge in [-0.2, -0.15) is 0 Å². The summed E-state index contributed by atoms with van der Waals surface area (Å²) in [5.74, 6) is -0.808. The summed E-state index contributed by atoms with van der Waals surface area (Å²) in [6.07, 6.45) is 26.9. The second-order valence-electron chi connectivity index (χ2n) is 9.68. The predicted octanol–water partition coefficient (Wildman–Crippen LogP) is 7.13. The molecule has 6 nitrogen and oxygen atoms in total. The van der Waals surface area contributed by atoms with Crippen LogP contribution in [0.5, 0.6) is 0 Å². The third-order valence-corrected chi connectivity index (χ3v) is 6.04. The molecule has 0 radical (unpaired) electrons. The van der Waals surface area contributed by atoms with Crippen LogP contribution in [0.4, 0.5) is 0 Å². The minimum absolute atomic E-state index is 0.131. The van der Waals surface area contributed by atoms with E-state index in [9.17, 15) is 19.8 Å². The van der Waals surface area contributed by atoms with Gasteiger partial charge in [0.15, 0.2) is 6.10 Å². The Morgan fingerprint density at radius 1 is 0.757 bits per heavy atom. The number of aliphatic hydroxyl groups is 2. The van der Waals surface area contributed by atoms with Gasteiger partial charge in [0.25, 0.3) is 0 Å². The maximum atomic E-state index is 12.0. The summed E-state index contributed by atoms with van der Waals surface area (Å²) in [6.45, 7) is 3.84. The van der Waals surface area contributed by atoms with Gasteiger partial charge in [0.1, 0.15) is 6.61 Å². The Morgan fingerprint density at radius 2 is 1.41 bits per heavy atom. The molecular formula is C31H54O6. The first kappa shape index (κ1) is 35.1. The molecule has 2 atom stereocenters. The average Bonchev–Trinajstić information content (AvgIpc) is 2.89. The molecule has 0 amide bonds. The Labute approximate surface area is 226 Å². The smallest absolute Gasteiger partial charge is 0.306 e. The van der Waals surface area contributed by atoms with Gasteiger partial charge in [-0.3, -0.25) is 9.59 Å². The second-order valence-corrected chi connectivity index (χ2v) is 9.68. The fourth-order valence-corrected chi connectivity index (χ4v) is 3.74. The molecule has 0 saturated heterocycles. The van der Waals surface area contributed by atoms with Crippen molar-refractivity contribution in [2.24, 2.45) is 0 Å². The Bertz CT molecular complexity index is 625. The molecule has 37 heavy (non-hydrogen) atoms. The summed E-state index contributed by atoms with van der Waals surface area (Å²) in [6, 6.07) is 0. The van der Waals surface area contributed by atoms with Crippen molar-refractivity contribution < 1.29 is 29.3 Å². The lowest BCUT2D eigenvalue weighted by Crippen LogP contribution is -2.28. The third kappa shape index (κ3) is 25.5. The molecule has 0 aliphatic rings. The number of hydrogen-bond donors (Lipinski definition) is 2. The van der Waals surface area contributed by atoms with Crippen LogP contribution in [0.3, 0.4) is 0 Å². The molecule has 0 heterocycles. The van der Waals surface area contributed by atoms with E-state index in [4.69, 9.17) is 9.47 Å². The van der Waals surface area contributed by atoms with Crippen molar-refractivity contribution in [3.8, 4) is 0 Å². The highest BCUT2D eigenvalue weighted by Crippen LogP contribution is 2.09. The molecule has 2 N–H and O–H groups in total. The van der Waals surface area contributed by atoms with E-state index in [0.29, 0.717) is 19.3 Å². The van der Waals surface area contributed by atoms with Crippen molar-refractivity contribution in [1.82, 2.24) is 0 Å². The summed E-state index contributed by atoms with van der Waals surface area (Å²) in [4.78, 5) is 23.8. The normalized spacial score (nSPS) is 13.5. The highest BCUT2D eigenvalue weighted by atomic mass is 16.6. The molecule has 214 valence electrons. The fourth-order valence-electron chi connectivity index (χ4n) is 3.74. The molecule has 0 aliphatic carbocycles. The van der Waals surface area contributed by atoms with Crippen molar-refractivity contribution in [2.45, 2.75) is 135 Å². The second kappa shape index (κ2) is 27.1. The molecule has 6 heteroatoms. The van der Waals surface area contributed by atoms with Gasteiger partial charge in [-0.25, -0.2) is 0 Å². The first-order valence-corrected chi connectivity index (χ1v) is 14.7. The third-order valence-electron chi connectivity index (χ3n) is 6.04. The van der Waals surface area contributed by atoms with Gasteiger partial charge in [0, 0.05) is 12.8 Å². The topological polar surface area (TPSA) is 93.1 Å². The van der Waals surface area contributed by atoms with Gasteiger partial charge in [-0.15, -0.1) is 0 Å². The Kier molecular flexibility index (Phi) is 25.7. The van der Waals surface area contributed by atoms with E-state index in [1.54, 1.807) is 6.08 Å². The van der Waals surface area contributed by atoms with E-state index in [-0.39, 0.29) is 19.0 Å². The number of esters is 2. The first-order chi connectivity index (χ1) is 18.0. The maximum Gasteiger partial charge on any atom is 0.306 e. The summed E-state index contributed by atoms with van der Waals surface area (Å²) >= 11 is 0. The molecule has 0 rings (SSSR count). The highest BCUT2D eigenvalue weighted by molar-refractivity contribution is 5.70. The number of carbonyl (C=O) groups is 2. The van der Waals surface area contributed by atoms with E-state index < -0.39 is 24.8 Å². The summed E-state index contributed by atoms with van der Waals surface area (Å²) in [5, 5.41) is 19.4. The van der Waals surface area contributed by atoms with Crippen LogP contribution < -0.4 is 0 Å². The molecule has 0 bridgehead atoms. The molecule has 0 saturated carbocycles. The molecule has 1 unspecified atom stereocenters. The number of carbonyl (C=O) groups excluding carboxylic acids is 2. The number of rotatable bonds is 25. The molecule has 0 aromatic rings. The Hall–Kier alpha value is -1.92. The van der Waals surface area contributed by atoms with Gasteiger partial charge in [0.2, 0.25) is 0 Å². The molecule has 0 aliphatic heterocycles. The Balaban J connectivity index is 3.86. The van der Waals surface area contributed by atoms with Gasteiger partial charge in [-0.1, -0.05) is 108 Å². The van der Waals surface area contributed by atoms with E-state index in [1.165, 1.54) is 44.9 Å². The van der Waals surface area contributed by atoms with Crippen molar-refractivity contribution in [2.75, 3.05) is 13.2 Å². The fraction of sp³-hybridized carbons (Fsp3) is 0.742. The van der Waals surface area contributed by atoms with E-state index in [0.717, 1.165) is 38.5 Å². The summed E-state index contributed by atoms with van der Waals surface area (Å²) < 4.78 is 10.3. The van der Waals surface area contributed by atoms with Crippen molar-refractivity contribution >= 4 is 11.9 Å². The van der Waals surface area contributed by atoms with Crippen molar-refractivity contribution in [3.63, 3.8) is 0 Å².